The van der Waals surface area contributed by atoms with Gasteiger partial charge in [-0.3, -0.25) is 15.0 Å². The number of rotatable bonds is 4. The van der Waals surface area contributed by atoms with Crippen molar-refractivity contribution in [3.8, 4) is 0 Å². The molecule has 0 spiro atoms. The average Bonchev–Trinajstić information content (AvgIpc) is 2.41. The van der Waals surface area contributed by atoms with Crippen molar-refractivity contribution in [2.45, 2.75) is 25.4 Å². The van der Waals surface area contributed by atoms with Gasteiger partial charge < -0.3 is 10.6 Å². The molecule has 0 saturated carbocycles. The molecule has 1 aliphatic rings. The predicted octanol–water partition coefficient (Wildman–Crippen LogP) is 1.70. The van der Waals surface area contributed by atoms with Crippen LogP contribution in [0.3, 0.4) is 0 Å². The molecule has 0 unspecified atom stereocenters. The van der Waals surface area contributed by atoms with E-state index in [9.17, 15) is 10.1 Å². The van der Waals surface area contributed by atoms with E-state index in [0.717, 1.165) is 31.5 Å². The first-order valence-electron chi connectivity index (χ1n) is 6.89. The second kappa shape index (κ2) is 6.19. The highest BCUT2D eigenvalue weighted by Gasteiger charge is 2.21. The van der Waals surface area contributed by atoms with Crippen molar-refractivity contribution in [2.24, 2.45) is 0 Å². The van der Waals surface area contributed by atoms with Gasteiger partial charge in [-0.2, -0.15) is 0 Å². The first-order valence-corrected chi connectivity index (χ1v) is 6.89. The number of nitrogens with zero attached hydrogens (tertiary/aromatic N) is 3. The number of hydrogen-bond acceptors (Lipinski definition) is 5. The van der Waals surface area contributed by atoms with Crippen molar-refractivity contribution in [3.63, 3.8) is 0 Å². The fourth-order valence-corrected chi connectivity index (χ4v) is 2.68. The lowest BCUT2D eigenvalue weighted by molar-refractivity contribution is -0.384. The Morgan fingerprint density at radius 1 is 1.45 bits per heavy atom. The molecule has 0 aromatic heterocycles. The second-order valence-corrected chi connectivity index (χ2v) is 5.59. The molecule has 0 radical (unpaired) electrons. The number of benzene rings is 1. The lowest BCUT2D eigenvalue weighted by atomic mass is 10.0. The molecule has 0 aliphatic carbocycles. The topological polar surface area (TPSA) is 75.6 Å². The number of anilines is 1. The van der Waals surface area contributed by atoms with Crippen LogP contribution in [0.15, 0.2) is 18.2 Å². The minimum atomic E-state index is -0.376. The Morgan fingerprint density at radius 2 is 2.10 bits per heavy atom. The third kappa shape index (κ3) is 3.46. The number of nitrogens with two attached hydrogens (primary N) is 1. The number of nitro groups is 1. The molecule has 0 atom stereocenters. The van der Waals surface area contributed by atoms with Gasteiger partial charge >= 0.3 is 0 Å². The van der Waals surface area contributed by atoms with Crippen LogP contribution in [0.5, 0.6) is 0 Å². The van der Waals surface area contributed by atoms with Crippen molar-refractivity contribution in [1.82, 2.24) is 9.80 Å². The summed E-state index contributed by atoms with van der Waals surface area (Å²) in [6.45, 7) is 2.85. The Morgan fingerprint density at radius 3 is 2.70 bits per heavy atom. The van der Waals surface area contributed by atoms with Gasteiger partial charge in [0.15, 0.2) is 0 Å². The van der Waals surface area contributed by atoms with E-state index in [0.29, 0.717) is 18.3 Å². The number of non-ortho nitro benzene ring substituents is 1. The summed E-state index contributed by atoms with van der Waals surface area (Å²) in [5.74, 6) is 0. The van der Waals surface area contributed by atoms with E-state index < -0.39 is 0 Å². The lowest BCUT2D eigenvalue weighted by Crippen LogP contribution is -2.41. The van der Waals surface area contributed by atoms with Crippen molar-refractivity contribution in [2.75, 3.05) is 32.9 Å². The van der Waals surface area contributed by atoms with Crippen LogP contribution in [0.25, 0.3) is 0 Å². The summed E-state index contributed by atoms with van der Waals surface area (Å²) in [5, 5.41) is 10.8. The van der Waals surface area contributed by atoms with E-state index in [-0.39, 0.29) is 10.6 Å². The molecule has 6 heteroatoms. The van der Waals surface area contributed by atoms with Crippen LogP contribution in [-0.2, 0) is 6.54 Å². The molecule has 2 rings (SSSR count). The van der Waals surface area contributed by atoms with Gasteiger partial charge in [0.05, 0.1) is 4.92 Å². The van der Waals surface area contributed by atoms with E-state index in [2.05, 4.69) is 23.9 Å². The molecule has 1 fully saturated rings. The van der Waals surface area contributed by atoms with E-state index in [1.54, 1.807) is 12.1 Å². The standard InChI is InChI=1S/C14H22N4O2/c1-16-7-5-12(6-8-16)17(2)10-11-9-13(18(19)20)3-4-14(11)15/h3-4,9,12H,5-8,10,15H2,1-2H3. The van der Waals surface area contributed by atoms with Crippen molar-refractivity contribution in [3.05, 3.63) is 33.9 Å². The van der Waals surface area contributed by atoms with Gasteiger partial charge in [-0.25, -0.2) is 0 Å². The average molecular weight is 278 g/mol. The zero-order valence-corrected chi connectivity index (χ0v) is 12.1. The molecule has 1 aromatic rings. The van der Waals surface area contributed by atoms with Crippen LogP contribution in [0.1, 0.15) is 18.4 Å². The van der Waals surface area contributed by atoms with E-state index in [1.807, 2.05) is 0 Å². The largest absolute Gasteiger partial charge is 0.398 e. The fourth-order valence-electron chi connectivity index (χ4n) is 2.68. The van der Waals surface area contributed by atoms with Crippen molar-refractivity contribution in [1.29, 1.82) is 0 Å². The van der Waals surface area contributed by atoms with Gasteiger partial charge in [-0.1, -0.05) is 0 Å². The molecule has 1 heterocycles. The second-order valence-electron chi connectivity index (χ2n) is 5.59. The minimum absolute atomic E-state index is 0.103. The number of piperidine rings is 1. The quantitative estimate of drug-likeness (QED) is 0.515. The van der Waals surface area contributed by atoms with Crippen LogP contribution in [-0.4, -0.2) is 47.9 Å². The third-order valence-electron chi connectivity index (χ3n) is 4.07. The highest BCUT2D eigenvalue weighted by Crippen LogP contribution is 2.23. The Labute approximate surface area is 119 Å². The molecule has 0 amide bonds. The van der Waals surface area contributed by atoms with Crippen LogP contribution in [0.4, 0.5) is 11.4 Å². The van der Waals surface area contributed by atoms with E-state index in [1.165, 1.54) is 6.07 Å². The Balaban J connectivity index is 2.05. The van der Waals surface area contributed by atoms with E-state index >= 15 is 0 Å². The van der Waals surface area contributed by atoms with Gasteiger partial charge in [0.2, 0.25) is 0 Å². The SMILES string of the molecule is CN1CCC(N(C)Cc2cc([N+](=O)[O-])ccc2N)CC1. The van der Waals surface area contributed by atoms with Crippen LogP contribution >= 0.6 is 0 Å². The van der Waals surface area contributed by atoms with Crippen LogP contribution < -0.4 is 5.73 Å². The first-order chi connectivity index (χ1) is 9.47. The van der Waals surface area contributed by atoms with Gasteiger partial charge in [0.25, 0.3) is 5.69 Å². The molecule has 1 aliphatic heterocycles. The smallest absolute Gasteiger partial charge is 0.269 e. The monoisotopic (exact) mass is 278 g/mol. The maximum atomic E-state index is 10.8. The first kappa shape index (κ1) is 14.7. The summed E-state index contributed by atoms with van der Waals surface area (Å²) in [6, 6.07) is 5.18. The maximum Gasteiger partial charge on any atom is 0.269 e. The molecular weight excluding hydrogens is 256 g/mol. The number of likely N-dealkylation sites (tertiary alicyclic amines) is 1. The molecule has 110 valence electrons. The molecule has 2 N–H and O–H groups in total. The van der Waals surface area contributed by atoms with Gasteiger partial charge in [-0.15, -0.1) is 0 Å². The van der Waals surface area contributed by atoms with Crippen molar-refractivity contribution < 1.29 is 4.92 Å². The summed E-state index contributed by atoms with van der Waals surface area (Å²) >= 11 is 0. The summed E-state index contributed by atoms with van der Waals surface area (Å²) in [7, 11) is 4.20. The normalized spacial score (nSPS) is 17.6. The van der Waals surface area contributed by atoms with Crippen molar-refractivity contribution >= 4 is 11.4 Å². The van der Waals surface area contributed by atoms with Crippen LogP contribution in [0.2, 0.25) is 0 Å². The number of nitro benzene ring substituents is 1. The summed E-state index contributed by atoms with van der Waals surface area (Å²) in [6.07, 6.45) is 2.25. The summed E-state index contributed by atoms with van der Waals surface area (Å²) < 4.78 is 0. The van der Waals surface area contributed by atoms with Gasteiger partial charge in [0, 0.05) is 30.4 Å². The molecular formula is C14H22N4O2. The molecule has 0 bridgehead atoms. The molecule has 1 saturated heterocycles. The Bertz CT molecular complexity index is 484. The molecule has 20 heavy (non-hydrogen) atoms. The number of hydrogen-bond donors (Lipinski definition) is 1. The maximum absolute atomic E-state index is 10.8. The predicted molar refractivity (Wildman–Crippen MR) is 79.5 cm³/mol. The Hall–Kier alpha value is -1.66. The highest BCUT2D eigenvalue weighted by molar-refractivity contribution is 5.52. The van der Waals surface area contributed by atoms with Crippen LogP contribution in [0, 0.1) is 10.1 Å². The minimum Gasteiger partial charge on any atom is -0.398 e. The zero-order chi connectivity index (χ0) is 14.7. The third-order valence-corrected chi connectivity index (χ3v) is 4.07. The van der Waals surface area contributed by atoms with E-state index in [4.69, 9.17) is 5.73 Å². The lowest BCUT2D eigenvalue weighted by Gasteiger charge is -2.35. The number of nitrogen functional groups attached to an aromatic ring is 1. The van der Waals surface area contributed by atoms with Gasteiger partial charge in [0.1, 0.15) is 0 Å². The summed E-state index contributed by atoms with van der Waals surface area (Å²) in [4.78, 5) is 15.0. The zero-order valence-electron chi connectivity index (χ0n) is 12.1. The summed E-state index contributed by atoms with van der Waals surface area (Å²) in [5.41, 5.74) is 7.49. The highest BCUT2D eigenvalue weighted by atomic mass is 16.6. The molecule has 1 aromatic carbocycles. The Kier molecular flexibility index (Phi) is 4.57. The van der Waals surface area contributed by atoms with Gasteiger partial charge in [-0.05, 0) is 51.7 Å². The fraction of sp³-hybridized carbons (Fsp3) is 0.571. The molecule has 6 nitrogen and oxygen atoms in total.